The Bertz CT molecular complexity index is 491. The predicted molar refractivity (Wildman–Crippen MR) is 69.6 cm³/mol. The normalized spacial score (nSPS) is 10.3. The van der Waals surface area contributed by atoms with Crippen molar-refractivity contribution in [3.63, 3.8) is 0 Å². The molecule has 0 aromatic heterocycles. The topological polar surface area (TPSA) is 61.8 Å². The van der Waals surface area contributed by atoms with Crippen LogP contribution in [0.4, 0.5) is 0 Å². The molecule has 0 aliphatic carbocycles. The molecular formula is C14H16O5. The van der Waals surface area contributed by atoms with Gasteiger partial charge in [0.25, 0.3) is 0 Å². The van der Waals surface area contributed by atoms with Crippen molar-refractivity contribution in [3.05, 3.63) is 35.9 Å². The third-order valence-corrected chi connectivity index (χ3v) is 2.36. The van der Waals surface area contributed by atoms with Crippen molar-refractivity contribution in [1.82, 2.24) is 0 Å². The van der Waals surface area contributed by atoms with Gasteiger partial charge < -0.3 is 14.2 Å². The molecule has 5 nitrogen and oxygen atoms in total. The van der Waals surface area contributed by atoms with Gasteiger partial charge in [-0.3, -0.25) is 4.79 Å². The molecule has 1 aromatic carbocycles. The third kappa shape index (κ3) is 4.13. The summed E-state index contributed by atoms with van der Waals surface area (Å²) in [6.45, 7) is 1.35. The summed E-state index contributed by atoms with van der Waals surface area (Å²) in [5, 5.41) is 0. The van der Waals surface area contributed by atoms with Gasteiger partial charge in [-0.25, -0.2) is 4.79 Å². The van der Waals surface area contributed by atoms with Crippen LogP contribution in [0, 0.1) is 0 Å². The summed E-state index contributed by atoms with van der Waals surface area (Å²) >= 11 is 0. The van der Waals surface area contributed by atoms with E-state index in [0.717, 1.165) is 0 Å². The summed E-state index contributed by atoms with van der Waals surface area (Å²) in [5.74, 6) is 0.0307. The minimum atomic E-state index is -0.558. The number of ether oxygens (including phenoxy) is 3. The smallest absolute Gasteiger partial charge is 0.330 e. The highest BCUT2D eigenvalue weighted by Gasteiger charge is 2.15. The molecule has 0 heterocycles. The van der Waals surface area contributed by atoms with E-state index in [1.54, 1.807) is 31.2 Å². The number of allylic oxidation sites excluding steroid dienone is 1. The first-order valence-corrected chi connectivity index (χ1v) is 5.67. The second-order valence-electron chi connectivity index (χ2n) is 3.60. The van der Waals surface area contributed by atoms with E-state index < -0.39 is 5.97 Å². The largest absolute Gasteiger partial charge is 0.497 e. The second kappa shape index (κ2) is 7.20. The molecule has 0 unspecified atom stereocenters. The van der Waals surface area contributed by atoms with Gasteiger partial charge in [-0.1, -0.05) is 6.08 Å². The summed E-state index contributed by atoms with van der Waals surface area (Å²) in [6.07, 6.45) is 2.79. The lowest BCUT2D eigenvalue weighted by Gasteiger charge is -2.09. The Morgan fingerprint density at radius 2 is 1.95 bits per heavy atom. The summed E-state index contributed by atoms with van der Waals surface area (Å²) in [4.78, 5) is 23.1. The van der Waals surface area contributed by atoms with Crippen molar-refractivity contribution in [2.24, 2.45) is 0 Å². The maximum absolute atomic E-state index is 12.0. The Morgan fingerprint density at radius 3 is 2.53 bits per heavy atom. The fourth-order valence-electron chi connectivity index (χ4n) is 1.43. The summed E-state index contributed by atoms with van der Waals surface area (Å²) in [7, 11) is 2.96. The number of esters is 1. The molecule has 0 aliphatic rings. The van der Waals surface area contributed by atoms with E-state index in [2.05, 4.69) is 0 Å². The van der Waals surface area contributed by atoms with Crippen LogP contribution in [0.5, 0.6) is 11.5 Å². The van der Waals surface area contributed by atoms with E-state index >= 15 is 0 Å². The molecule has 1 aromatic rings. The molecule has 0 amide bonds. The van der Waals surface area contributed by atoms with E-state index in [4.69, 9.17) is 14.2 Å². The number of carbonyl (C=O) groups is 2. The molecule has 0 bridgehead atoms. The molecule has 19 heavy (non-hydrogen) atoms. The van der Waals surface area contributed by atoms with Crippen LogP contribution in [0.15, 0.2) is 30.4 Å². The van der Waals surface area contributed by atoms with Gasteiger partial charge in [0.1, 0.15) is 11.5 Å². The zero-order valence-electron chi connectivity index (χ0n) is 11.1. The van der Waals surface area contributed by atoms with Crippen molar-refractivity contribution < 1.29 is 23.8 Å². The molecule has 0 atom stereocenters. The number of benzene rings is 1. The standard InChI is InChI=1S/C14H16O5/c1-4-5-14(16)19-9-12(15)11-8-10(17-2)6-7-13(11)18-3/h4-8H,9H2,1-3H3/b5-4+. The van der Waals surface area contributed by atoms with Crippen LogP contribution in [0.25, 0.3) is 0 Å². The van der Waals surface area contributed by atoms with Gasteiger partial charge in [-0.05, 0) is 25.1 Å². The average Bonchev–Trinajstić information content (AvgIpc) is 2.44. The highest BCUT2D eigenvalue weighted by molar-refractivity contribution is 6.01. The number of hydrogen-bond donors (Lipinski definition) is 0. The molecule has 0 N–H and O–H groups in total. The Labute approximate surface area is 111 Å². The van der Waals surface area contributed by atoms with Gasteiger partial charge in [0.15, 0.2) is 6.61 Å². The van der Waals surface area contributed by atoms with Crippen LogP contribution in [0.2, 0.25) is 0 Å². The van der Waals surface area contributed by atoms with E-state index in [0.29, 0.717) is 17.1 Å². The van der Waals surface area contributed by atoms with Crippen molar-refractivity contribution in [2.45, 2.75) is 6.92 Å². The van der Waals surface area contributed by atoms with Gasteiger partial charge in [-0.2, -0.15) is 0 Å². The van der Waals surface area contributed by atoms with Crippen molar-refractivity contribution in [3.8, 4) is 11.5 Å². The van der Waals surface area contributed by atoms with Crippen LogP contribution >= 0.6 is 0 Å². The number of Topliss-reactive ketones (excluding diaryl/α,β-unsaturated/α-hetero) is 1. The summed E-state index contributed by atoms with van der Waals surface area (Å²) < 4.78 is 14.9. The molecular weight excluding hydrogens is 248 g/mol. The predicted octanol–water partition coefficient (Wildman–Crippen LogP) is 2.01. The quantitative estimate of drug-likeness (QED) is 0.447. The van der Waals surface area contributed by atoms with E-state index in [9.17, 15) is 9.59 Å². The van der Waals surface area contributed by atoms with Gasteiger partial charge in [0.05, 0.1) is 19.8 Å². The zero-order valence-corrected chi connectivity index (χ0v) is 11.1. The molecule has 0 spiro atoms. The first-order chi connectivity index (χ1) is 9.12. The monoisotopic (exact) mass is 264 g/mol. The molecule has 0 saturated heterocycles. The minimum Gasteiger partial charge on any atom is -0.497 e. The fraction of sp³-hybridized carbons (Fsp3) is 0.286. The Morgan fingerprint density at radius 1 is 1.21 bits per heavy atom. The SMILES string of the molecule is C/C=C/C(=O)OCC(=O)c1cc(OC)ccc1OC. The summed E-state index contributed by atoms with van der Waals surface area (Å²) in [5.41, 5.74) is 0.315. The van der Waals surface area contributed by atoms with Gasteiger partial charge >= 0.3 is 5.97 Å². The molecule has 1 rings (SSSR count). The maximum Gasteiger partial charge on any atom is 0.330 e. The maximum atomic E-state index is 12.0. The highest BCUT2D eigenvalue weighted by atomic mass is 16.5. The van der Waals surface area contributed by atoms with Crippen molar-refractivity contribution in [2.75, 3.05) is 20.8 Å². The third-order valence-electron chi connectivity index (χ3n) is 2.36. The first kappa shape index (κ1) is 14.8. The lowest BCUT2D eigenvalue weighted by atomic mass is 10.1. The van der Waals surface area contributed by atoms with E-state index in [-0.39, 0.29) is 12.4 Å². The molecule has 0 aliphatic heterocycles. The van der Waals surface area contributed by atoms with Crippen LogP contribution in [-0.4, -0.2) is 32.6 Å². The molecule has 5 heteroatoms. The van der Waals surface area contributed by atoms with Crippen LogP contribution in [-0.2, 0) is 9.53 Å². The number of ketones is 1. The molecule has 0 saturated carbocycles. The van der Waals surface area contributed by atoms with Crippen LogP contribution in [0.1, 0.15) is 17.3 Å². The van der Waals surface area contributed by atoms with E-state index in [1.165, 1.54) is 20.3 Å². The molecule has 0 radical (unpaired) electrons. The number of methoxy groups -OCH3 is 2. The van der Waals surface area contributed by atoms with Crippen molar-refractivity contribution >= 4 is 11.8 Å². The highest BCUT2D eigenvalue weighted by Crippen LogP contribution is 2.24. The summed E-state index contributed by atoms with van der Waals surface area (Å²) in [6, 6.07) is 4.85. The Kier molecular flexibility index (Phi) is 5.60. The van der Waals surface area contributed by atoms with Gasteiger partial charge in [0.2, 0.25) is 5.78 Å². The number of rotatable bonds is 6. The zero-order chi connectivity index (χ0) is 14.3. The fourth-order valence-corrected chi connectivity index (χ4v) is 1.43. The number of carbonyl (C=O) groups excluding carboxylic acids is 2. The second-order valence-corrected chi connectivity index (χ2v) is 3.60. The lowest BCUT2D eigenvalue weighted by molar-refractivity contribution is -0.136. The molecule has 0 fully saturated rings. The Hall–Kier alpha value is -2.30. The average molecular weight is 264 g/mol. The van der Waals surface area contributed by atoms with Crippen LogP contribution in [0.3, 0.4) is 0 Å². The van der Waals surface area contributed by atoms with Gasteiger partial charge in [0, 0.05) is 6.08 Å². The minimum absolute atomic E-state index is 0.315. The number of hydrogen-bond acceptors (Lipinski definition) is 5. The van der Waals surface area contributed by atoms with Crippen LogP contribution < -0.4 is 9.47 Å². The lowest BCUT2D eigenvalue weighted by Crippen LogP contribution is -2.13. The van der Waals surface area contributed by atoms with E-state index in [1.807, 2.05) is 0 Å². The van der Waals surface area contributed by atoms with Gasteiger partial charge in [-0.15, -0.1) is 0 Å². The molecule has 102 valence electrons. The Balaban J connectivity index is 2.83. The van der Waals surface area contributed by atoms with Crippen molar-refractivity contribution in [1.29, 1.82) is 0 Å². The first-order valence-electron chi connectivity index (χ1n) is 5.67.